The normalized spacial score (nSPS) is 11.7. The van der Waals surface area contributed by atoms with Crippen molar-refractivity contribution < 1.29 is 44.9 Å². The van der Waals surface area contributed by atoms with Crippen LogP contribution in [0.3, 0.4) is 0 Å². The van der Waals surface area contributed by atoms with Crippen LogP contribution in [0.2, 0.25) is 0 Å². The van der Waals surface area contributed by atoms with Crippen LogP contribution in [0.5, 0.6) is 0 Å². The quantitative estimate of drug-likeness (QED) is 0.148. The van der Waals surface area contributed by atoms with Gasteiger partial charge in [-0.05, 0) is 25.8 Å². The molecule has 4 aromatic carbocycles. The second kappa shape index (κ2) is 19.9. The summed E-state index contributed by atoms with van der Waals surface area (Å²) in [5.41, 5.74) is 2.48. The third-order valence-corrected chi connectivity index (χ3v) is 6.70. The van der Waals surface area contributed by atoms with Gasteiger partial charge in [-0.3, -0.25) is 4.57 Å². The van der Waals surface area contributed by atoms with E-state index in [2.05, 4.69) is 5.82 Å². The van der Waals surface area contributed by atoms with Gasteiger partial charge in [-0.1, -0.05) is 55.0 Å². The van der Waals surface area contributed by atoms with E-state index in [-0.39, 0.29) is 39.4 Å². The minimum absolute atomic E-state index is 0. The van der Waals surface area contributed by atoms with Gasteiger partial charge in [-0.25, -0.2) is 29.8 Å². The summed E-state index contributed by atoms with van der Waals surface area (Å²) in [6.45, 7) is 4.10. The second-order valence-corrected chi connectivity index (χ2v) is 9.41. The first kappa shape index (κ1) is 32.9. The molecule has 1 atom stereocenters. The minimum atomic E-state index is -3.44. The monoisotopic (exact) mass is 593 g/mol. The second-order valence-electron chi connectivity index (χ2n) is 7.68. The zero-order chi connectivity index (χ0) is 25.9. The van der Waals surface area contributed by atoms with E-state index in [1.165, 1.54) is 0 Å². The maximum atomic E-state index is 12.9. The van der Waals surface area contributed by atoms with Crippen molar-refractivity contribution in [2.24, 2.45) is 0 Å². The van der Waals surface area contributed by atoms with Crippen LogP contribution in [0, 0.1) is 5.82 Å². The van der Waals surface area contributed by atoms with Gasteiger partial charge in [0.2, 0.25) is 0 Å². The van der Waals surface area contributed by atoms with E-state index in [0.29, 0.717) is 12.8 Å². The summed E-state index contributed by atoms with van der Waals surface area (Å²) in [5.74, 6) is 2.97. The standard InChI is InChI=1S/C21H26O4P.2C5H5.Zr/c1-3-24-26(23,25-4-2)17-20(18-11-7-5-8-12-18)15-16-21(22)19-13-9-6-10-14-19;2*1-2-4-5-3-1;/h5-14,21-22H,3-4,15-16H2,1-2H3;2*1-5H;/q3*-1;+3. The van der Waals surface area contributed by atoms with Crippen molar-refractivity contribution >= 4 is 13.2 Å². The van der Waals surface area contributed by atoms with E-state index >= 15 is 0 Å². The number of benzene rings is 2. The average molecular weight is 595 g/mol. The molecule has 0 aliphatic carbocycles. The van der Waals surface area contributed by atoms with Gasteiger partial charge in [-0.15, -0.1) is 17.9 Å². The van der Waals surface area contributed by atoms with Gasteiger partial charge in [0.25, 0.3) is 7.60 Å². The third-order valence-electron chi connectivity index (χ3n) is 4.96. The van der Waals surface area contributed by atoms with Gasteiger partial charge in [0.1, 0.15) is 0 Å². The molecule has 0 saturated heterocycles. The molecule has 0 fully saturated rings. The van der Waals surface area contributed by atoms with Gasteiger partial charge < -0.3 is 14.2 Å². The summed E-state index contributed by atoms with van der Waals surface area (Å²) >= 11 is 0. The number of rotatable bonds is 10. The third kappa shape index (κ3) is 13.8. The van der Waals surface area contributed by atoms with E-state index in [1.54, 1.807) is 13.8 Å². The Hall–Kier alpha value is -2.13. The molecule has 0 bridgehead atoms. The molecule has 4 rings (SSSR count). The van der Waals surface area contributed by atoms with Gasteiger partial charge in [0.15, 0.2) is 0 Å². The van der Waals surface area contributed by atoms with Crippen molar-refractivity contribution in [1.82, 2.24) is 0 Å². The number of aliphatic hydroxyl groups excluding tert-OH is 1. The fourth-order valence-corrected chi connectivity index (χ4v) is 4.73. The van der Waals surface area contributed by atoms with Gasteiger partial charge in [0, 0.05) is 0 Å². The molecule has 0 spiro atoms. The van der Waals surface area contributed by atoms with Crippen molar-refractivity contribution in [1.29, 1.82) is 0 Å². The van der Waals surface area contributed by atoms with Gasteiger partial charge in [-0.2, -0.15) is 42.0 Å². The molecule has 37 heavy (non-hydrogen) atoms. The Morgan fingerprint density at radius 3 is 1.68 bits per heavy atom. The molecule has 193 valence electrons. The average Bonchev–Trinajstić information content (AvgIpc) is 3.67. The van der Waals surface area contributed by atoms with Crippen LogP contribution in [-0.2, 0) is 39.8 Å². The van der Waals surface area contributed by atoms with E-state index in [4.69, 9.17) is 9.05 Å². The fraction of sp³-hybridized carbons (Fsp3) is 0.226. The Labute approximate surface area is 241 Å². The smallest absolute Gasteiger partial charge is 0.388 e. The van der Waals surface area contributed by atoms with Crippen molar-refractivity contribution in [3.63, 3.8) is 0 Å². The molecular formula is C31H36O4PZr. The van der Waals surface area contributed by atoms with Crippen LogP contribution in [0.1, 0.15) is 43.9 Å². The first-order valence-corrected chi connectivity index (χ1v) is 13.8. The SMILES string of the molecule is CCOP(=O)([C-]=C(CCC(O)c1ccccc1)c1ccccc1)OCC.[Zr+3].c1cc[cH-]c1.c1cc[cH-]c1. The van der Waals surface area contributed by atoms with E-state index in [1.807, 2.05) is 121 Å². The molecule has 1 unspecified atom stereocenters. The van der Waals surface area contributed by atoms with E-state index < -0.39 is 13.7 Å². The summed E-state index contributed by atoms with van der Waals surface area (Å²) in [6.07, 6.45) is 0.388. The van der Waals surface area contributed by atoms with Crippen molar-refractivity contribution in [3.05, 3.63) is 138 Å². The largest absolute Gasteiger partial charge is 3.00 e. The van der Waals surface area contributed by atoms with Crippen LogP contribution < -0.4 is 0 Å². The zero-order valence-corrected chi connectivity index (χ0v) is 24.9. The van der Waals surface area contributed by atoms with Gasteiger partial charge in [0.05, 0.1) is 19.3 Å². The van der Waals surface area contributed by atoms with E-state index in [9.17, 15) is 9.67 Å². The van der Waals surface area contributed by atoms with Crippen LogP contribution in [-0.4, -0.2) is 18.3 Å². The summed E-state index contributed by atoms with van der Waals surface area (Å²) in [6, 6.07) is 39.1. The van der Waals surface area contributed by atoms with E-state index in [0.717, 1.165) is 16.7 Å². The maximum absolute atomic E-state index is 12.9. The first-order chi connectivity index (χ1) is 17.6. The number of aliphatic hydroxyl groups is 1. The molecule has 0 aliphatic rings. The number of allylic oxidation sites excluding steroid dienone is 1. The van der Waals surface area contributed by atoms with Crippen molar-refractivity contribution in [2.75, 3.05) is 13.2 Å². The first-order valence-electron chi connectivity index (χ1n) is 12.2. The topological polar surface area (TPSA) is 55.8 Å². The van der Waals surface area contributed by atoms with Crippen LogP contribution >= 0.6 is 7.60 Å². The summed E-state index contributed by atoms with van der Waals surface area (Å²) in [7, 11) is -3.44. The van der Waals surface area contributed by atoms with Gasteiger partial charge >= 0.3 is 26.2 Å². The number of hydrogen-bond acceptors (Lipinski definition) is 4. The number of hydrogen-bond donors (Lipinski definition) is 1. The van der Waals surface area contributed by atoms with Crippen molar-refractivity contribution in [2.45, 2.75) is 32.8 Å². The molecule has 4 aromatic rings. The molecule has 0 amide bonds. The summed E-state index contributed by atoms with van der Waals surface area (Å²) < 4.78 is 23.6. The maximum Gasteiger partial charge on any atom is 3.00 e. The molecule has 6 heteroatoms. The van der Waals surface area contributed by atoms with Crippen LogP contribution in [0.25, 0.3) is 5.57 Å². The fourth-order valence-electron chi connectivity index (χ4n) is 3.28. The predicted octanol–water partition coefficient (Wildman–Crippen LogP) is 8.42. The molecular weight excluding hydrogens is 559 g/mol. The van der Waals surface area contributed by atoms with Crippen LogP contribution in [0.15, 0.2) is 121 Å². The minimum Gasteiger partial charge on any atom is -0.388 e. The Bertz CT molecular complexity index is 1020. The Morgan fingerprint density at radius 2 is 1.27 bits per heavy atom. The summed E-state index contributed by atoms with van der Waals surface area (Å²) in [4.78, 5) is 0. The molecule has 0 saturated carbocycles. The molecule has 0 heterocycles. The molecule has 0 aliphatic heterocycles. The molecule has 1 N–H and O–H groups in total. The van der Waals surface area contributed by atoms with Crippen molar-refractivity contribution in [3.8, 4) is 0 Å². The van der Waals surface area contributed by atoms with Crippen LogP contribution in [0.4, 0.5) is 0 Å². The summed E-state index contributed by atoms with van der Waals surface area (Å²) in [5, 5.41) is 10.4. The molecule has 4 nitrogen and oxygen atoms in total. The zero-order valence-electron chi connectivity index (χ0n) is 21.6. The Balaban J connectivity index is 0.000000512. The molecule has 0 aromatic heterocycles. The molecule has 1 radical (unpaired) electrons. The Kier molecular flexibility index (Phi) is 17.7. The predicted molar refractivity (Wildman–Crippen MR) is 149 cm³/mol. The Morgan fingerprint density at radius 1 is 0.811 bits per heavy atom.